The van der Waals surface area contributed by atoms with Crippen LogP contribution in [0.15, 0.2) is 48.5 Å². The van der Waals surface area contributed by atoms with E-state index >= 15 is 0 Å². The van der Waals surface area contributed by atoms with Crippen molar-refractivity contribution < 1.29 is 9.53 Å². The number of hydrogen-bond donors (Lipinski definition) is 1. The lowest BCUT2D eigenvalue weighted by molar-refractivity contribution is -0.144. The van der Waals surface area contributed by atoms with Gasteiger partial charge in [0.05, 0.1) is 0 Å². The van der Waals surface area contributed by atoms with Crippen LogP contribution >= 0.6 is 0 Å². The van der Waals surface area contributed by atoms with Crippen LogP contribution in [-0.4, -0.2) is 5.97 Å². The van der Waals surface area contributed by atoms with Crippen molar-refractivity contribution >= 4 is 11.7 Å². The van der Waals surface area contributed by atoms with Crippen molar-refractivity contribution in [3.63, 3.8) is 0 Å². The Morgan fingerprint density at radius 3 is 2.58 bits per heavy atom. The second kappa shape index (κ2) is 4.76. The minimum absolute atomic E-state index is 0.267. The molecule has 96 valence electrons. The molecule has 3 heteroatoms. The van der Waals surface area contributed by atoms with Crippen LogP contribution in [0.25, 0.3) is 0 Å². The van der Waals surface area contributed by atoms with Crippen molar-refractivity contribution in [2.45, 2.75) is 19.6 Å². The topological polar surface area (TPSA) is 38.3 Å². The van der Waals surface area contributed by atoms with Gasteiger partial charge in [0, 0.05) is 30.3 Å². The van der Waals surface area contributed by atoms with E-state index in [-0.39, 0.29) is 12.1 Å². The van der Waals surface area contributed by atoms with Gasteiger partial charge in [0.2, 0.25) is 0 Å². The first kappa shape index (κ1) is 11.8. The Labute approximate surface area is 112 Å². The molecule has 1 heterocycles. The Morgan fingerprint density at radius 2 is 1.79 bits per heavy atom. The summed E-state index contributed by atoms with van der Waals surface area (Å²) in [6, 6.07) is 16.0. The molecule has 0 bridgehead atoms. The summed E-state index contributed by atoms with van der Waals surface area (Å²) in [4.78, 5) is 11.4. The Balaban J connectivity index is 2.16. The van der Waals surface area contributed by atoms with Crippen LogP contribution < -0.4 is 5.32 Å². The number of fused-ring (bicyclic) bond motifs is 2. The molecule has 0 amide bonds. The lowest BCUT2D eigenvalue weighted by Crippen LogP contribution is -2.10. The summed E-state index contributed by atoms with van der Waals surface area (Å²) in [5.41, 5.74) is 4.23. The molecule has 0 saturated heterocycles. The van der Waals surface area contributed by atoms with E-state index in [4.69, 9.17) is 4.74 Å². The van der Waals surface area contributed by atoms with Crippen LogP contribution in [0.5, 0.6) is 0 Å². The summed E-state index contributed by atoms with van der Waals surface area (Å²) in [5.74, 6) is -0.267. The maximum atomic E-state index is 11.4. The van der Waals surface area contributed by atoms with E-state index in [9.17, 15) is 4.79 Å². The first-order chi connectivity index (χ1) is 9.25. The number of ether oxygens (including phenoxy) is 1. The second-order valence-electron chi connectivity index (χ2n) is 4.63. The van der Waals surface area contributed by atoms with Crippen molar-refractivity contribution in [2.75, 3.05) is 5.32 Å². The van der Waals surface area contributed by atoms with Crippen LogP contribution in [-0.2, 0) is 16.1 Å². The molecule has 1 unspecified atom stereocenters. The van der Waals surface area contributed by atoms with Crippen LogP contribution in [0.1, 0.15) is 29.7 Å². The van der Waals surface area contributed by atoms with Crippen LogP contribution in [0.2, 0.25) is 0 Å². The number of rotatable bonds is 1. The number of benzene rings is 2. The molecule has 2 aromatic rings. The number of para-hydroxylation sites is 1. The number of carbonyl (C=O) groups excluding carboxylic acids is 1. The lowest BCUT2D eigenvalue weighted by atomic mass is 9.97. The highest BCUT2D eigenvalue weighted by molar-refractivity contribution is 5.68. The average Bonchev–Trinajstić information content (AvgIpc) is 2.57. The predicted octanol–water partition coefficient (Wildman–Crippen LogP) is 3.26. The molecule has 0 radical (unpaired) electrons. The van der Waals surface area contributed by atoms with Crippen molar-refractivity contribution in [3.8, 4) is 0 Å². The SMILES string of the molecule is CC(=O)OC1c2ccccc2CNc2ccccc21. The maximum absolute atomic E-state index is 11.4. The van der Waals surface area contributed by atoms with Crippen LogP contribution in [0, 0.1) is 0 Å². The van der Waals surface area contributed by atoms with Gasteiger partial charge in [-0.25, -0.2) is 0 Å². The quantitative estimate of drug-likeness (QED) is 0.793. The third kappa shape index (κ3) is 2.19. The van der Waals surface area contributed by atoms with Gasteiger partial charge >= 0.3 is 5.97 Å². The third-order valence-corrected chi connectivity index (χ3v) is 3.33. The van der Waals surface area contributed by atoms with Gasteiger partial charge in [-0.2, -0.15) is 0 Å². The van der Waals surface area contributed by atoms with E-state index in [0.717, 1.165) is 28.9 Å². The number of nitrogens with one attached hydrogen (secondary N) is 1. The summed E-state index contributed by atoms with van der Waals surface area (Å²) < 4.78 is 5.55. The average molecular weight is 253 g/mol. The van der Waals surface area contributed by atoms with Gasteiger partial charge in [0.25, 0.3) is 0 Å². The monoisotopic (exact) mass is 253 g/mol. The molecule has 2 aromatic carbocycles. The third-order valence-electron chi connectivity index (χ3n) is 3.33. The fourth-order valence-corrected chi connectivity index (χ4v) is 2.49. The van der Waals surface area contributed by atoms with Gasteiger partial charge in [0.15, 0.2) is 6.10 Å². The van der Waals surface area contributed by atoms with Crippen molar-refractivity contribution in [1.82, 2.24) is 0 Å². The fraction of sp³-hybridized carbons (Fsp3) is 0.188. The largest absolute Gasteiger partial charge is 0.453 e. The zero-order chi connectivity index (χ0) is 13.2. The number of carbonyl (C=O) groups is 1. The summed E-state index contributed by atoms with van der Waals surface area (Å²) in [7, 11) is 0. The molecular weight excluding hydrogens is 238 g/mol. The Hall–Kier alpha value is -2.29. The van der Waals surface area contributed by atoms with Gasteiger partial charge < -0.3 is 10.1 Å². The summed E-state index contributed by atoms with van der Waals surface area (Å²) in [6.07, 6.45) is -0.333. The first-order valence-electron chi connectivity index (χ1n) is 6.33. The van der Waals surface area contributed by atoms with E-state index in [1.54, 1.807) is 0 Å². The van der Waals surface area contributed by atoms with Gasteiger partial charge in [-0.15, -0.1) is 0 Å². The van der Waals surface area contributed by atoms with E-state index < -0.39 is 0 Å². The van der Waals surface area contributed by atoms with Crippen LogP contribution in [0.4, 0.5) is 5.69 Å². The van der Waals surface area contributed by atoms with E-state index in [1.165, 1.54) is 6.92 Å². The first-order valence-corrected chi connectivity index (χ1v) is 6.33. The van der Waals surface area contributed by atoms with Gasteiger partial charge in [-0.05, 0) is 11.6 Å². The van der Waals surface area contributed by atoms with Crippen molar-refractivity contribution in [3.05, 3.63) is 65.2 Å². The Kier molecular flexibility index (Phi) is 2.95. The molecule has 0 saturated carbocycles. The predicted molar refractivity (Wildman–Crippen MR) is 73.8 cm³/mol. The van der Waals surface area contributed by atoms with Gasteiger partial charge in [-0.1, -0.05) is 42.5 Å². The lowest BCUT2D eigenvalue weighted by Gasteiger charge is -2.19. The highest BCUT2D eigenvalue weighted by atomic mass is 16.5. The molecule has 1 atom stereocenters. The highest BCUT2D eigenvalue weighted by Crippen LogP contribution is 2.36. The van der Waals surface area contributed by atoms with E-state index in [2.05, 4.69) is 11.4 Å². The molecule has 0 spiro atoms. The van der Waals surface area contributed by atoms with E-state index in [0.29, 0.717) is 0 Å². The minimum Gasteiger partial charge on any atom is -0.453 e. The maximum Gasteiger partial charge on any atom is 0.303 e. The van der Waals surface area contributed by atoms with Crippen LogP contribution in [0.3, 0.4) is 0 Å². The number of hydrogen-bond acceptors (Lipinski definition) is 3. The zero-order valence-corrected chi connectivity index (χ0v) is 10.7. The Morgan fingerprint density at radius 1 is 1.11 bits per heavy atom. The minimum atomic E-state index is -0.333. The van der Waals surface area contributed by atoms with E-state index in [1.807, 2.05) is 42.5 Å². The molecule has 0 fully saturated rings. The molecule has 1 aliphatic rings. The molecule has 19 heavy (non-hydrogen) atoms. The van der Waals surface area contributed by atoms with Crippen molar-refractivity contribution in [2.24, 2.45) is 0 Å². The van der Waals surface area contributed by atoms with Crippen molar-refractivity contribution in [1.29, 1.82) is 0 Å². The van der Waals surface area contributed by atoms with Gasteiger partial charge in [0.1, 0.15) is 0 Å². The molecule has 3 nitrogen and oxygen atoms in total. The fourth-order valence-electron chi connectivity index (χ4n) is 2.49. The molecule has 1 aliphatic heterocycles. The molecule has 3 rings (SSSR count). The molecule has 0 aliphatic carbocycles. The number of anilines is 1. The molecule has 1 N–H and O–H groups in total. The Bertz CT molecular complexity index is 574. The highest BCUT2D eigenvalue weighted by Gasteiger charge is 2.25. The normalized spacial score (nSPS) is 16.6. The molecule has 0 aromatic heterocycles. The summed E-state index contributed by atoms with van der Waals surface area (Å²) >= 11 is 0. The number of esters is 1. The van der Waals surface area contributed by atoms with Gasteiger partial charge in [-0.3, -0.25) is 4.79 Å². The second-order valence-corrected chi connectivity index (χ2v) is 4.63. The summed E-state index contributed by atoms with van der Waals surface area (Å²) in [5, 5.41) is 3.39. The summed E-state index contributed by atoms with van der Waals surface area (Å²) in [6.45, 7) is 2.19. The zero-order valence-electron chi connectivity index (χ0n) is 10.7. The molecular formula is C16H15NO2. The standard InChI is InChI=1S/C16H15NO2/c1-11(18)19-16-13-7-3-2-6-12(13)10-17-15-9-5-4-8-14(15)16/h2-9,16-17H,10H2,1H3. The smallest absolute Gasteiger partial charge is 0.303 e.